The summed E-state index contributed by atoms with van der Waals surface area (Å²) < 4.78 is 75.0. The van der Waals surface area contributed by atoms with Gasteiger partial charge in [0, 0.05) is 38.2 Å². The summed E-state index contributed by atoms with van der Waals surface area (Å²) >= 11 is 12.9. The zero-order chi connectivity index (χ0) is 37.9. The fourth-order valence-electron chi connectivity index (χ4n) is 6.08. The zero-order valence-corrected chi connectivity index (χ0v) is 30.9. The van der Waals surface area contributed by atoms with Gasteiger partial charge in [-0.15, -0.1) is 0 Å². The monoisotopic (exact) mass is 797 g/mol. The molecule has 13 nitrogen and oxygen atoms in total. The average Bonchev–Trinajstić information content (AvgIpc) is 3.92. The van der Waals surface area contributed by atoms with E-state index in [-0.39, 0.29) is 64.0 Å². The van der Waals surface area contributed by atoms with E-state index in [4.69, 9.17) is 37.4 Å². The molecule has 3 heterocycles. The van der Waals surface area contributed by atoms with Crippen LogP contribution in [0, 0.1) is 5.92 Å². The fourth-order valence-corrected chi connectivity index (χ4v) is 7.52. The van der Waals surface area contributed by atoms with Crippen LogP contribution in [0.1, 0.15) is 40.4 Å². The summed E-state index contributed by atoms with van der Waals surface area (Å²) in [6.07, 6.45) is 4.74. The number of amides is 1. The predicted octanol–water partition coefficient (Wildman–Crippen LogP) is 4.35. The first-order valence-electron chi connectivity index (χ1n) is 16.8. The molecule has 284 valence electrons. The van der Waals surface area contributed by atoms with Crippen LogP contribution in [-0.2, 0) is 35.5 Å². The number of halogens is 4. The molecule has 1 atom stereocenters. The number of ether oxygens (including phenoxy) is 4. The van der Waals surface area contributed by atoms with E-state index in [1.54, 1.807) is 0 Å². The first-order chi connectivity index (χ1) is 25.3. The van der Waals surface area contributed by atoms with Crippen molar-refractivity contribution in [3.8, 4) is 11.5 Å². The van der Waals surface area contributed by atoms with Crippen LogP contribution < -0.4 is 23.7 Å². The van der Waals surface area contributed by atoms with Crippen molar-refractivity contribution in [3.63, 3.8) is 0 Å². The molecule has 53 heavy (non-hydrogen) atoms. The van der Waals surface area contributed by atoms with Crippen molar-refractivity contribution in [2.75, 3.05) is 68.0 Å². The molecule has 2 aromatic carbocycles. The number of nitrogens with one attached hydrogen (secondary N) is 1. The van der Waals surface area contributed by atoms with Gasteiger partial charge in [0.05, 0.1) is 43.0 Å². The van der Waals surface area contributed by atoms with E-state index in [0.29, 0.717) is 44.0 Å². The molecule has 2 aliphatic heterocycles. The lowest BCUT2D eigenvalue weighted by Crippen LogP contribution is -2.43. The van der Waals surface area contributed by atoms with E-state index < -0.39 is 46.9 Å². The van der Waals surface area contributed by atoms with Crippen molar-refractivity contribution in [3.05, 3.63) is 75.5 Å². The number of pyridine rings is 1. The number of carbonyl (C=O) groups is 3. The Labute approximate surface area is 314 Å². The highest BCUT2D eigenvalue weighted by atomic mass is 35.5. The lowest BCUT2D eigenvalue weighted by Gasteiger charge is -2.30. The number of H-pyrrole nitrogens is 1. The molecule has 0 unspecified atom stereocenters. The third kappa shape index (κ3) is 9.54. The van der Waals surface area contributed by atoms with Gasteiger partial charge in [-0.05, 0) is 54.7 Å². The van der Waals surface area contributed by atoms with E-state index >= 15 is 0 Å². The van der Waals surface area contributed by atoms with Crippen LogP contribution in [0.2, 0.25) is 10.0 Å². The molecule has 1 N–H and O–H groups in total. The Kier molecular flexibility index (Phi) is 12.0. The van der Waals surface area contributed by atoms with E-state index in [2.05, 4.69) is 14.6 Å². The van der Waals surface area contributed by atoms with E-state index in [9.17, 15) is 31.6 Å². The van der Waals surface area contributed by atoms with Crippen LogP contribution >= 0.6 is 23.2 Å². The van der Waals surface area contributed by atoms with Crippen LogP contribution in [0.3, 0.4) is 0 Å². The summed E-state index contributed by atoms with van der Waals surface area (Å²) in [7, 11) is -3.77. The first-order valence-corrected chi connectivity index (χ1v) is 19.4. The number of aromatic amines is 1. The number of rotatable bonds is 16. The van der Waals surface area contributed by atoms with Gasteiger partial charge in [-0.2, -0.15) is 8.78 Å². The minimum absolute atomic E-state index is 0.0208. The Hall–Kier alpha value is -4.09. The Morgan fingerprint density at radius 2 is 1.77 bits per heavy atom. The number of benzene rings is 2. The van der Waals surface area contributed by atoms with Crippen molar-refractivity contribution in [1.29, 1.82) is 0 Å². The minimum atomic E-state index is -3.77. The van der Waals surface area contributed by atoms with Crippen LogP contribution in [0.25, 0.3) is 0 Å². The topological polar surface area (TPSA) is 146 Å². The van der Waals surface area contributed by atoms with Gasteiger partial charge in [-0.1, -0.05) is 29.3 Å². The molecular formula is C35H37Cl2F2N4O9S+. The Morgan fingerprint density at radius 3 is 2.43 bits per heavy atom. The summed E-state index contributed by atoms with van der Waals surface area (Å²) in [4.78, 5) is 45.9. The predicted molar refractivity (Wildman–Crippen MR) is 189 cm³/mol. The first kappa shape index (κ1) is 38.6. The minimum Gasteiger partial charge on any atom is -0.489 e. The summed E-state index contributed by atoms with van der Waals surface area (Å²) in [5.74, 6) is -2.73. The second-order valence-corrected chi connectivity index (χ2v) is 15.6. The normalized spacial score (nSPS) is 16.8. The molecule has 2 fully saturated rings. The molecule has 0 bridgehead atoms. The second kappa shape index (κ2) is 16.5. The number of sulfonamides is 1. The maximum Gasteiger partial charge on any atom is 0.387 e. The quantitative estimate of drug-likeness (QED) is 0.152. The van der Waals surface area contributed by atoms with Gasteiger partial charge in [0.15, 0.2) is 23.9 Å². The smallest absolute Gasteiger partial charge is 0.387 e. The molecule has 1 saturated heterocycles. The fraction of sp³-hybridized carbons (Fsp3) is 0.429. The van der Waals surface area contributed by atoms with Crippen molar-refractivity contribution in [1.82, 2.24) is 4.90 Å². The molecule has 1 amide bonds. The zero-order valence-electron chi connectivity index (χ0n) is 28.6. The Morgan fingerprint density at radius 1 is 1.06 bits per heavy atom. The number of morpholine rings is 1. The number of anilines is 2. The number of aromatic nitrogens is 1. The van der Waals surface area contributed by atoms with Crippen molar-refractivity contribution >= 4 is 62.3 Å². The maximum absolute atomic E-state index is 13.6. The molecule has 3 aliphatic rings. The van der Waals surface area contributed by atoms with E-state index in [1.165, 1.54) is 53.1 Å². The number of Topliss-reactive ketones (excluding diaryl/α,β-unsaturated/α-hetero) is 1. The number of fused-ring (bicyclic) bond motifs is 1. The van der Waals surface area contributed by atoms with Crippen LogP contribution in [0.4, 0.5) is 20.2 Å². The van der Waals surface area contributed by atoms with Crippen LogP contribution in [0.15, 0.2) is 48.8 Å². The number of hydrogen-bond donors (Lipinski definition) is 0. The van der Waals surface area contributed by atoms with Gasteiger partial charge in [0.2, 0.25) is 10.0 Å². The summed E-state index contributed by atoms with van der Waals surface area (Å²) in [6, 6.07) is 8.36. The number of carbonyl (C=O) groups excluding carboxylic acids is 3. The van der Waals surface area contributed by atoms with Crippen molar-refractivity contribution < 1.29 is 55.5 Å². The molecule has 1 aliphatic carbocycles. The average molecular weight is 799 g/mol. The third-order valence-electron chi connectivity index (χ3n) is 9.04. The van der Waals surface area contributed by atoms with Crippen LogP contribution in [-0.4, -0.2) is 96.4 Å². The SMILES string of the molecule is CS(=O)(=O)N(CCN1CCOCC1)c1ccc2c(c1)C(=O)C(=O)N2CC(=O)O[C@@H](Cc1c(Cl)c[nH+]cc1Cl)c1ccc(OC(F)F)c(OCC2CC2)c1. The van der Waals surface area contributed by atoms with Crippen molar-refractivity contribution in [2.45, 2.75) is 32.0 Å². The van der Waals surface area contributed by atoms with Gasteiger partial charge < -0.3 is 18.9 Å². The number of ketones is 1. The molecule has 3 aromatic rings. The largest absolute Gasteiger partial charge is 0.489 e. The molecular weight excluding hydrogens is 761 g/mol. The highest BCUT2D eigenvalue weighted by Crippen LogP contribution is 2.38. The van der Waals surface area contributed by atoms with Crippen molar-refractivity contribution in [2.24, 2.45) is 5.92 Å². The number of hydrogen-bond acceptors (Lipinski definition) is 10. The molecule has 0 spiro atoms. The highest BCUT2D eigenvalue weighted by Gasteiger charge is 2.39. The number of nitrogens with zero attached hydrogens (tertiary/aromatic N) is 3. The Bertz CT molecular complexity index is 1960. The van der Waals surface area contributed by atoms with Gasteiger partial charge >= 0.3 is 12.6 Å². The molecule has 1 saturated carbocycles. The molecule has 6 rings (SSSR count). The molecule has 1 aromatic heterocycles. The maximum atomic E-state index is 13.6. The standard InChI is InChI=1S/C35H36Cl2F2N4O9S/c1-53(47,48)43(9-8-41-10-12-49-13-11-41)23-5-6-28-25(15-23)33(45)34(46)42(28)19-32(44)51-30(16-24-26(36)17-40-18-27(24)37)22-4-7-29(52-35(38)39)31(14-22)50-20-21-2-3-21/h4-7,14-15,17-18,21,30,35H,2-3,8-13,16,19-20H2,1H3/p+1/t30-/m0/s1. The Balaban J connectivity index is 1.24. The summed E-state index contributed by atoms with van der Waals surface area (Å²) in [5, 5.41) is 0.471. The molecule has 0 radical (unpaired) electrons. The van der Waals surface area contributed by atoms with E-state index in [0.717, 1.165) is 24.0 Å². The van der Waals surface area contributed by atoms with Gasteiger partial charge in [-0.25, -0.2) is 13.4 Å². The number of alkyl halides is 2. The second-order valence-electron chi connectivity index (χ2n) is 12.9. The summed E-state index contributed by atoms with van der Waals surface area (Å²) in [6.45, 7) is -0.599. The lowest BCUT2D eigenvalue weighted by atomic mass is 10.0. The van der Waals surface area contributed by atoms with Crippen LogP contribution in [0.5, 0.6) is 11.5 Å². The van der Waals surface area contributed by atoms with Gasteiger partial charge in [-0.3, -0.25) is 28.5 Å². The highest BCUT2D eigenvalue weighted by molar-refractivity contribution is 7.92. The lowest BCUT2D eigenvalue weighted by molar-refractivity contribution is -0.377. The summed E-state index contributed by atoms with van der Waals surface area (Å²) in [5.41, 5.74) is 0.971. The van der Waals surface area contributed by atoms with Gasteiger partial charge in [0.25, 0.3) is 11.7 Å². The third-order valence-corrected chi connectivity index (χ3v) is 10.9. The van der Waals surface area contributed by atoms with Gasteiger partial charge in [0.1, 0.15) is 22.7 Å². The number of esters is 1. The molecule has 18 heteroatoms. The van der Waals surface area contributed by atoms with E-state index in [1.807, 2.05) is 0 Å².